The van der Waals surface area contributed by atoms with E-state index in [1.165, 1.54) is 80.7 Å². The highest BCUT2D eigenvalue weighted by Crippen LogP contribution is 2.51. The van der Waals surface area contributed by atoms with Crippen molar-refractivity contribution in [2.75, 3.05) is 0 Å². The molecule has 0 aliphatic rings. The van der Waals surface area contributed by atoms with Gasteiger partial charge in [-0.15, -0.1) is 22.7 Å². The van der Waals surface area contributed by atoms with Crippen molar-refractivity contribution in [1.82, 2.24) is 19.1 Å². The van der Waals surface area contributed by atoms with Crippen LogP contribution in [0.15, 0.2) is 280 Å². The average molecular weight is 1010 g/mol. The molecule has 0 aliphatic heterocycles. The number of nitrogens with zero attached hydrogens (tertiary/aromatic N) is 4. The highest BCUT2D eigenvalue weighted by atomic mass is 32.1. The molecule has 0 unspecified atom stereocenters. The lowest BCUT2D eigenvalue weighted by Crippen LogP contribution is -1.95. The van der Waals surface area contributed by atoms with Gasteiger partial charge in [0.2, 0.25) is 0 Å². The molecule has 4 aromatic heterocycles. The zero-order valence-electron chi connectivity index (χ0n) is 41.2. The Morgan fingerprint density at radius 1 is 0.250 bits per heavy atom. The Balaban J connectivity index is 0.824. The maximum Gasteiger partial charge on any atom is 0.107 e. The quantitative estimate of drug-likeness (QED) is 0.129. The monoisotopic (exact) mass is 1010 g/mol. The predicted molar refractivity (Wildman–Crippen MR) is 320 cm³/mol. The fourth-order valence-electron chi connectivity index (χ4n) is 10.8. The van der Waals surface area contributed by atoms with Crippen LogP contribution in [0.5, 0.6) is 0 Å². The Labute approximate surface area is 449 Å². The fourth-order valence-corrected chi connectivity index (χ4v) is 13.5. The first-order valence-corrected chi connectivity index (χ1v) is 27.2. The molecule has 0 bridgehead atoms. The second-order valence-corrected chi connectivity index (χ2v) is 20.9. The van der Waals surface area contributed by atoms with Crippen molar-refractivity contribution >= 4 is 44.2 Å². The molecule has 0 radical (unpaired) electrons. The average Bonchev–Trinajstić information content (AvgIpc) is 4.36. The van der Waals surface area contributed by atoms with Gasteiger partial charge in [-0.05, 0) is 63.7 Å². The Morgan fingerprint density at radius 3 is 1.22 bits per heavy atom. The number of thiophene rings is 2. The van der Waals surface area contributed by atoms with Crippen LogP contribution in [0.4, 0.5) is 0 Å². The summed E-state index contributed by atoms with van der Waals surface area (Å²) in [5.74, 6) is 0. The van der Waals surface area contributed by atoms with Gasteiger partial charge in [-0.2, -0.15) is 0 Å². The number of benzene rings is 10. The highest BCUT2D eigenvalue weighted by Gasteiger charge is 2.25. The molecule has 4 nitrogen and oxygen atoms in total. The Kier molecular flexibility index (Phi) is 11.5. The first-order chi connectivity index (χ1) is 37.7. The van der Waals surface area contributed by atoms with Crippen molar-refractivity contribution in [3.05, 3.63) is 280 Å². The van der Waals surface area contributed by atoms with Crippen LogP contribution in [0.1, 0.15) is 0 Å². The lowest BCUT2D eigenvalue weighted by molar-refractivity contribution is 1.06. The third-order valence-corrected chi connectivity index (χ3v) is 16.9. The molecule has 0 atom stereocenters. The highest BCUT2D eigenvalue weighted by molar-refractivity contribution is 7.21. The number of fused-ring (bicyclic) bond motifs is 2. The fraction of sp³-hybridized carbons (Fsp3) is 0. The van der Waals surface area contributed by atoms with Gasteiger partial charge in [0.25, 0.3) is 0 Å². The number of hydrogen-bond acceptors (Lipinski definition) is 4. The van der Waals surface area contributed by atoms with Crippen LogP contribution in [0.2, 0.25) is 0 Å². The van der Waals surface area contributed by atoms with Crippen LogP contribution in [-0.4, -0.2) is 19.1 Å². The largest absolute Gasteiger partial charge is 0.298 e. The van der Waals surface area contributed by atoms with Crippen molar-refractivity contribution in [3.63, 3.8) is 0 Å². The summed E-state index contributed by atoms with van der Waals surface area (Å²) in [7, 11) is 0. The number of imidazole rings is 2. The molecule has 14 aromatic rings. The minimum Gasteiger partial charge on any atom is -0.298 e. The van der Waals surface area contributed by atoms with Crippen molar-refractivity contribution in [1.29, 1.82) is 0 Å². The van der Waals surface area contributed by atoms with Crippen molar-refractivity contribution < 1.29 is 0 Å². The van der Waals surface area contributed by atoms with E-state index in [4.69, 9.17) is 9.97 Å². The molecule has 10 aromatic carbocycles. The van der Waals surface area contributed by atoms with Gasteiger partial charge in [0.1, 0.15) is 18.3 Å². The minimum atomic E-state index is 0.967. The topological polar surface area (TPSA) is 35.6 Å². The van der Waals surface area contributed by atoms with Crippen LogP contribution in [0.25, 0.3) is 131 Å². The van der Waals surface area contributed by atoms with Crippen molar-refractivity contribution in [2.24, 2.45) is 0 Å². The smallest absolute Gasteiger partial charge is 0.107 e. The molecule has 0 spiro atoms. The summed E-state index contributed by atoms with van der Waals surface area (Å²) in [5, 5.41) is 4.86. The zero-order chi connectivity index (χ0) is 50.4. The molecule has 76 heavy (non-hydrogen) atoms. The third-order valence-electron chi connectivity index (χ3n) is 14.4. The van der Waals surface area contributed by atoms with Gasteiger partial charge in [-0.25, -0.2) is 9.97 Å². The summed E-state index contributed by atoms with van der Waals surface area (Å²) in [6.45, 7) is 0. The van der Waals surface area contributed by atoms with E-state index in [0.717, 1.165) is 50.2 Å². The predicted octanol–water partition coefficient (Wildman–Crippen LogP) is 19.5. The number of rotatable bonds is 11. The molecule has 6 heteroatoms. The zero-order valence-corrected chi connectivity index (χ0v) is 42.8. The first-order valence-electron chi connectivity index (χ1n) is 25.5. The van der Waals surface area contributed by atoms with Gasteiger partial charge < -0.3 is 0 Å². The molecule has 4 heterocycles. The Bertz CT molecular complexity index is 4320. The van der Waals surface area contributed by atoms with E-state index in [-0.39, 0.29) is 0 Å². The molecule has 0 aliphatic carbocycles. The summed E-state index contributed by atoms with van der Waals surface area (Å²) >= 11 is 3.67. The second kappa shape index (κ2) is 19.4. The lowest BCUT2D eigenvalue weighted by Gasteiger charge is -2.12. The summed E-state index contributed by atoms with van der Waals surface area (Å²) in [5.41, 5.74) is 18.0. The molecule has 0 amide bonds. The second-order valence-electron chi connectivity index (χ2n) is 18.9. The van der Waals surface area contributed by atoms with Crippen LogP contribution < -0.4 is 0 Å². The van der Waals surface area contributed by atoms with E-state index >= 15 is 0 Å². The minimum absolute atomic E-state index is 0.967. The van der Waals surface area contributed by atoms with Crippen LogP contribution in [0.3, 0.4) is 0 Å². The van der Waals surface area contributed by atoms with Crippen molar-refractivity contribution in [3.8, 4) is 109 Å². The van der Waals surface area contributed by atoms with E-state index in [1.807, 2.05) is 35.3 Å². The van der Waals surface area contributed by atoms with Crippen LogP contribution >= 0.6 is 22.7 Å². The number of hydrogen-bond donors (Lipinski definition) is 0. The molecular formula is C70H46N4S2. The van der Waals surface area contributed by atoms with Gasteiger partial charge in [0.15, 0.2) is 0 Å². The molecule has 0 saturated heterocycles. The molecule has 14 rings (SSSR count). The lowest BCUT2D eigenvalue weighted by atomic mass is 9.93. The van der Waals surface area contributed by atoms with Crippen LogP contribution in [-0.2, 0) is 0 Å². The van der Waals surface area contributed by atoms with Gasteiger partial charge >= 0.3 is 0 Å². The van der Waals surface area contributed by atoms with Crippen molar-refractivity contribution in [2.45, 2.75) is 0 Å². The van der Waals surface area contributed by atoms with Crippen LogP contribution in [0, 0.1) is 0 Å². The standard InChI is InChI=1S/C70H46N4S2/c1-5-22-49(23-6-1)63-66(74(45-71-63)54-30-11-4-12-31-54)70-62-39-20-18-37-60(62)68(76-70)57-34-15-13-32-55(57)48-42-40-47(41-43-48)51-26-21-27-52(44-51)56-33-14-16-35-58(56)67-59-36-17-19-38-61(59)69(75-67)64-65(50-24-7-2-8-25-50)73(46-72-64)53-28-9-3-10-29-53/h1-46H. The van der Waals surface area contributed by atoms with E-state index in [0.29, 0.717) is 0 Å². The molecule has 358 valence electrons. The summed E-state index contributed by atoms with van der Waals surface area (Å²) in [4.78, 5) is 15.1. The Hall–Kier alpha value is -9.46. The van der Waals surface area contributed by atoms with Gasteiger partial charge in [0.05, 0.1) is 26.8 Å². The summed E-state index contributed by atoms with van der Waals surface area (Å²) in [6, 6.07) is 95.7. The van der Waals surface area contributed by atoms with E-state index < -0.39 is 0 Å². The normalized spacial score (nSPS) is 11.4. The molecule has 0 N–H and O–H groups in total. The summed E-state index contributed by atoms with van der Waals surface area (Å²) in [6.07, 6.45) is 3.94. The maximum absolute atomic E-state index is 5.19. The molecule has 0 saturated carbocycles. The molecular weight excluding hydrogens is 961 g/mol. The summed E-state index contributed by atoms with van der Waals surface area (Å²) < 4.78 is 4.46. The van der Waals surface area contributed by atoms with Gasteiger partial charge in [0, 0.05) is 64.9 Å². The Morgan fingerprint density at radius 2 is 0.645 bits per heavy atom. The number of para-hydroxylation sites is 2. The van der Waals surface area contributed by atoms with E-state index in [9.17, 15) is 0 Å². The number of aromatic nitrogens is 4. The van der Waals surface area contributed by atoms with Gasteiger partial charge in [-0.3, -0.25) is 9.13 Å². The van der Waals surface area contributed by atoms with E-state index in [2.05, 4.69) is 276 Å². The third kappa shape index (κ3) is 7.99. The first kappa shape index (κ1) is 45.2. The SMILES string of the molecule is c1ccc(-c2ncn(-c3ccccc3)c2-c2sc(-c3ccccc3-c3ccc(-c4cccc(-c5ccccc5-c5sc(-c6ncn(-c7ccccc7)c6-c6ccccc6)c6ccccc56)c4)cc3)c3ccccc23)cc1. The van der Waals surface area contributed by atoms with Gasteiger partial charge in [-0.1, -0.05) is 237 Å². The molecule has 0 fully saturated rings. The maximum atomic E-state index is 5.19. The van der Waals surface area contributed by atoms with E-state index in [1.54, 1.807) is 0 Å².